The Balaban J connectivity index is 1.99. The molecule has 2 aromatic rings. The summed E-state index contributed by atoms with van der Waals surface area (Å²) in [5, 5.41) is 11.3. The van der Waals surface area contributed by atoms with Gasteiger partial charge in [0.05, 0.1) is 5.75 Å². The van der Waals surface area contributed by atoms with E-state index in [0.717, 1.165) is 6.20 Å². The van der Waals surface area contributed by atoms with Crippen LogP contribution in [0.15, 0.2) is 47.6 Å². The summed E-state index contributed by atoms with van der Waals surface area (Å²) >= 11 is 0. The van der Waals surface area contributed by atoms with Crippen LogP contribution < -0.4 is 14.2 Å². The van der Waals surface area contributed by atoms with Gasteiger partial charge >= 0.3 is 5.03 Å². The molecule has 0 amide bonds. The van der Waals surface area contributed by atoms with Gasteiger partial charge < -0.3 is 14.7 Å². The van der Waals surface area contributed by atoms with Gasteiger partial charge in [0.1, 0.15) is 13.2 Å². The Hall–Kier alpha value is -2.28. The van der Waals surface area contributed by atoms with Crippen LogP contribution in [0.25, 0.3) is 0 Å². The van der Waals surface area contributed by atoms with E-state index >= 15 is 0 Å². The molecular formula is C14H13NO5S. The minimum atomic E-state index is -3.76. The molecular weight excluding hydrogens is 294 g/mol. The number of benzene rings is 1. The fourth-order valence-electron chi connectivity index (χ4n) is 2.18. The lowest BCUT2D eigenvalue weighted by atomic mass is 10.2. The lowest BCUT2D eigenvalue weighted by Gasteiger charge is -2.20. The number of aromatic nitrogens is 1. The van der Waals surface area contributed by atoms with E-state index in [1.165, 1.54) is 18.2 Å². The van der Waals surface area contributed by atoms with Crippen molar-refractivity contribution in [1.82, 2.24) is 0 Å². The van der Waals surface area contributed by atoms with Crippen LogP contribution in [0.2, 0.25) is 0 Å². The topological polar surface area (TPSA) is 79.5 Å². The molecule has 21 heavy (non-hydrogen) atoms. The second-order valence-corrected chi connectivity index (χ2v) is 6.50. The van der Waals surface area contributed by atoms with Gasteiger partial charge in [-0.15, -0.1) is 0 Å². The molecule has 0 spiro atoms. The van der Waals surface area contributed by atoms with Gasteiger partial charge in [-0.05, 0) is 12.1 Å². The molecule has 110 valence electrons. The summed E-state index contributed by atoms with van der Waals surface area (Å²) in [6.45, 7) is 0.805. The van der Waals surface area contributed by atoms with Crippen LogP contribution in [0, 0.1) is 5.21 Å². The van der Waals surface area contributed by atoms with E-state index < -0.39 is 9.84 Å². The van der Waals surface area contributed by atoms with Gasteiger partial charge in [-0.2, -0.15) is 4.73 Å². The number of ether oxygens (including phenoxy) is 2. The highest BCUT2D eigenvalue weighted by atomic mass is 32.2. The van der Waals surface area contributed by atoms with E-state index in [0.29, 0.717) is 35.0 Å². The zero-order valence-corrected chi connectivity index (χ0v) is 11.9. The Kier molecular flexibility index (Phi) is 3.42. The van der Waals surface area contributed by atoms with Gasteiger partial charge in [0.15, 0.2) is 17.7 Å². The Morgan fingerprint density at radius 2 is 1.90 bits per heavy atom. The van der Waals surface area contributed by atoms with Crippen molar-refractivity contribution in [2.24, 2.45) is 0 Å². The maximum absolute atomic E-state index is 12.4. The Morgan fingerprint density at radius 3 is 2.71 bits per heavy atom. The van der Waals surface area contributed by atoms with Crippen LogP contribution in [-0.2, 0) is 15.6 Å². The van der Waals surface area contributed by atoms with Crippen molar-refractivity contribution < 1.29 is 22.6 Å². The van der Waals surface area contributed by atoms with Gasteiger partial charge in [-0.1, -0.05) is 12.1 Å². The highest BCUT2D eigenvalue weighted by Crippen LogP contribution is 2.35. The average Bonchev–Trinajstić information content (AvgIpc) is 2.47. The number of hydrogen-bond acceptors (Lipinski definition) is 5. The second kappa shape index (κ2) is 5.25. The molecule has 3 rings (SSSR count). The normalized spacial score (nSPS) is 13.9. The van der Waals surface area contributed by atoms with E-state index in [1.54, 1.807) is 18.2 Å². The van der Waals surface area contributed by atoms with Gasteiger partial charge in [0, 0.05) is 17.7 Å². The van der Waals surface area contributed by atoms with Crippen molar-refractivity contribution in [3.63, 3.8) is 0 Å². The zero-order valence-electron chi connectivity index (χ0n) is 11.1. The first kappa shape index (κ1) is 13.7. The number of sulfone groups is 1. The van der Waals surface area contributed by atoms with Crippen LogP contribution in [-0.4, -0.2) is 21.6 Å². The zero-order chi connectivity index (χ0) is 14.9. The molecule has 0 saturated carbocycles. The first-order chi connectivity index (χ1) is 10.1. The molecule has 0 fully saturated rings. The molecule has 6 nitrogen and oxygen atoms in total. The fourth-order valence-corrected chi connectivity index (χ4v) is 3.59. The summed E-state index contributed by atoms with van der Waals surface area (Å²) in [5.74, 6) is 0.643. The molecule has 0 N–H and O–H groups in total. The summed E-state index contributed by atoms with van der Waals surface area (Å²) in [5.41, 5.74) is 0.482. The molecule has 1 aromatic heterocycles. The standard InChI is InChI=1S/C14H13NO5S/c16-15-7-2-1-6-13(15)21(17,18)10-11-4-3-5-12-14(11)20-9-8-19-12/h1-7H,8-10H2. The van der Waals surface area contributed by atoms with E-state index in [4.69, 9.17) is 9.47 Å². The molecule has 0 aliphatic carbocycles. The van der Waals surface area contributed by atoms with Crippen LogP contribution in [0.3, 0.4) is 0 Å². The number of nitrogens with zero attached hydrogens (tertiary/aromatic N) is 1. The highest BCUT2D eigenvalue weighted by molar-refractivity contribution is 7.90. The summed E-state index contributed by atoms with van der Waals surface area (Å²) < 4.78 is 36.0. The van der Waals surface area contributed by atoms with E-state index in [9.17, 15) is 13.6 Å². The smallest absolute Gasteiger partial charge is 0.308 e. The second-order valence-electron chi connectivity index (χ2n) is 4.57. The highest BCUT2D eigenvalue weighted by Gasteiger charge is 2.27. The third-order valence-corrected chi connectivity index (χ3v) is 4.74. The van der Waals surface area contributed by atoms with Gasteiger partial charge in [-0.25, -0.2) is 8.42 Å². The Morgan fingerprint density at radius 1 is 1.10 bits per heavy atom. The van der Waals surface area contributed by atoms with Crippen LogP contribution in [0.1, 0.15) is 5.56 Å². The first-order valence-corrected chi connectivity index (χ1v) is 8.01. The third kappa shape index (κ3) is 2.64. The van der Waals surface area contributed by atoms with E-state index in [2.05, 4.69) is 0 Å². The summed E-state index contributed by atoms with van der Waals surface area (Å²) in [4.78, 5) is 0. The van der Waals surface area contributed by atoms with Gasteiger partial charge in [0.25, 0.3) is 0 Å². The Labute approximate surface area is 122 Å². The van der Waals surface area contributed by atoms with Crippen molar-refractivity contribution in [2.75, 3.05) is 13.2 Å². The van der Waals surface area contributed by atoms with Crippen LogP contribution >= 0.6 is 0 Å². The molecule has 0 unspecified atom stereocenters. The quantitative estimate of drug-likeness (QED) is 0.626. The molecule has 0 atom stereocenters. The molecule has 1 aromatic carbocycles. The lowest BCUT2D eigenvalue weighted by Crippen LogP contribution is -2.33. The lowest BCUT2D eigenvalue weighted by molar-refractivity contribution is -0.646. The molecule has 7 heteroatoms. The molecule has 0 bridgehead atoms. The first-order valence-electron chi connectivity index (χ1n) is 6.36. The molecule has 2 heterocycles. The maximum Gasteiger partial charge on any atom is 0.308 e. The minimum absolute atomic E-state index is 0.278. The number of rotatable bonds is 3. The van der Waals surface area contributed by atoms with Crippen molar-refractivity contribution >= 4 is 9.84 Å². The SMILES string of the molecule is O=S(=O)(Cc1cccc2c1OCCO2)c1cccc[n+]1[O-]. The predicted octanol–water partition coefficient (Wildman–Crippen LogP) is 1.07. The average molecular weight is 307 g/mol. The number of hydrogen-bond donors (Lipinski definition) is 0. The maximum atomic E-state index is 12.4. The van der Waals surface area contributed by atoms with Gasteiger partial charge in [0.2, 0.25) is 9.84 Å². The number of pyridine rings is 1. The summed E-state index contributed by atoms with van der Waals surface area (Å²) in [6.07, 6.45) is 1.16. The van der Waals surface area contributed by atoms with Crippen molar-refractivity contribution in [3.8, 4) is 11.5 Å². The summed E-state index contributed by atoms with van der Waals surface area (Å²) in [6, 6.07) is 9.36. The number of fused-ring (bicyclic) bond motifs is 1. The molecule has 0 saturated heterocycles. The van der Waals surface area contributed by atoms with Gasteiger partial charge in [-0.3, -0.25) is 0 Å². The third-order valence-electron chi connectivity index (χ3n) is 3.10. The predicted molar refractivity (Wildman–Crippen MR) is 73.7 cm³/mol. The molecule has 1 aliphatic rings. The minimum Gasteiger partial charge on any atom is -0.618 e. The monoisotopic (exact) mass is 307 g/mol. The van der Waals surface area contributed by atoms with Crippen LogP contribution in [0.4, 0.5) is 0 Å². The largest absolute Gasteiger partial charge is 0.618 e. The van der Waals surface area contributed by atoms with E-state index in [-0.39, 0.29) is 10.8 Å². The fraction of sp³-hybridized carbons (Fsp3) is 0.214. The van der Waals surface area contributed by atoms with Crippen molar-refractivity contribution in [2.45, 2.75) is 10.8 Å². The Bertz CT molecular complexity index is 773. The van der Waals surface area contributed by atoms with Crippen molar-refractivity contribution in [1.29, 1.82) is 0 Å². The number of para-hydroxylation sites is 1. The molecule has 0 radical (unpaired) electrons. The van der Waals surface area contributed by atoms with E-state index in [1.807, 2.05) is 0 Å². The van der Waals surface area contributed by atoms with Crippen LogP contribution in [0.5, 0.6) is 11.5 Å². The van der Waals surface area contributed by atoms with Crippen molar-refractivity contribution in [3.05, 3.63) is 53.4 Å². The summed E-state index contributed by atoms with van der Waals surface area (Å²) in [7, 11) is -3.76. The molecule has 1 aliphatic heterocycles.